The first kappa shape index (κ1) is 29.9. The van der Waals surface area contributed by atoms with Crippen molar-refractivity contribution >= 4 is 26.6 Å². The van der Waals surface area contributed by atoms with Crippen molar-refractivity contribution < 1.29 is 35.2 Å². The molecule has 2 aliphatic heterocycles. The monoisotopic (exact) mass is 628 g/mol. The Morgan fingerprint density at radius 2 is 1.75 bits per heavy atom. The average molecular weight is 629 g/mol. The minimum atomic E-state index is -5.95. The molecule has 2 aliphatic rings. The van der Waals surface area contributed by atoms with Crippen LogP contribution in [0, 0.1) is 0 Å². The van der Waals surface area contributed by atoms with Gasteiger partial charge in [0.2, 0.25) is 5.88 Å². The Labute approximate surface area is 253 Å². The average Bonchev–Trinajstić information content (AvgIpc) is 3.42. The molecule has 0 N–H and O–H groups in total. The number of aromatic nitrogens is 2. The van der Waals surface area contributed by atoms with Crippen LogP contribution in [-0.2, 0) is 29.7 Å². The van der Waals surface area contributed by atoms with Gasteiger partial charge in [0.1, 0.15) is 19.0 Å². The van der Waals surface area contributed by atoms with Gasteiger partial charge in [0.25, 0.3) is 0 Å². The second-order valence-corrected chi connectivity index (χ2v) is 12.5. The molecule has 0 bridgehead atoms. The lowest BCUT2D eigenvalue weighted by Gasteiger charge is -2.32. The highest BCUT2D eigenvalue weighted by Gasteiger charge is 2.49. The number of fused-ring (bicyclic) bond motifs is 2. The molecule has 1 fully saturated rings. The van der Waals surface area contributed by atoms with Crippen molar-refractivity contribution in [3.05, 3.63) is 83.6 Å². The van der Waals surface area contributed by atoms with E-state index >= 15 is 0 Å². The molecule has 44 heavy (non-hydrogen) atoms. The summed E-state index contributed by atoms with van der Waals surface area (Å²) in [6.07, 6.45) is 2.02. The van der Waals surface area contributed by atoms with Gasteiger partial charge in [0, 0.05) is 35.3 Å². The molecule has 0 spiro atoms. The summed E-state index contributed by atoms with van der Waals surface area (Å²) in [5, 5.41) is 1.90. The van der Waals surface area contributed by atoms with E-state index in [0.29, 0.717) is 24.6 Å². The van der Waals surface area contributed by atoms with Crippen molar-refractivity contribution in [1.82, 2.24) is 14.9 Å². The molecule has 9 nitrogen and oxygen atoms in total. The number of likely N-dealkylation sites (tertiary alicyclic amines) is 1. The number of alkyl halides is 3. The number of halogens is 3. The quantitative estimate of drug-likeness (QED) is 0.177. The topological polar surface area (TPSA) is 94.1 Å². The standard InChI is InChI=1S/C31H31F3N4O5S/c1-37-14-7-11-23(37)20-42-30-35-27-18-38(15-13-26(27)29(36-30)43-44(39,40)31(32,33)34)28-17-24(16-22-10-5-6-12-25(22)28)41-19-21-8-3-2-4-9-21/h2-6,8-10,12,16-17,23H,7,11,13-15,18-20H2,1H3/t23-/m0/s1. The number of ether oxygens (including phenoxy) is 2. The summed E-state index contributed by atoms with van der Waals surface area (Å²) in [5.41, 5.74) is -3.23. The Morgan fingerprint density at radius 1 is 0.977 bits per heavy atom. The highest BCUT2D eigenvalue weighted by Crippen LogP contribution is 2.38. The zero-order valence-electron chi connectivity index (χ0n) is 24.0. The predicted molar refractivity (Wildman–Crippen MR) is 158 cm³/mol. The molecule has 0 saturated carbocycles. The predicted octanol–water partition coefficient (Wildman–Crippen LogP) is 5.47. The number of nitrogens with zero attached hydrogens (tertiary/aromatic N) is 4. The zero-order chi connectivity index (χ0) is 30.9. The summed E-state index contributed by atoms with van der Waals surface area (Å²) in [7, 11) is -4.00. The summed E-state index contributed by atoms with van der Waals surface area (Å²) in [6, 6.07) is 21.3. The Bertz CT molecular complexity index is 1760. The SMILES string of the molecule is CN1CCC[C@H]1COc1nc2c(c(OS(=O)(=O)C(F)(F)F)n1)CCN(c1cc(OCc3ccccc3)cc3ccccc13)C2. The van der Waals surface area contributed by atoms with E-state index < -0.39 is 21.5 Å². The Kier molecular flexibility index (Phi) is 8.25. The van der Waals surface area contributed by atoms with Crippen molar-refractivity contribution in [1.29, 1.82) is 0 Å². The maximum atomic E-state index is 13.3. The minimum Gasteiger partial charge on any atom is -0.489 e. The maximum Gasteiger partial charge on any atom is 0.534 e. The Morgan fingerprint density at radius 3 is 2.50 bits per heavy atom. The Hall–Kier alpha value is -4.10. The smallest absolute Gasteiger partial charge is 0.489 e. The van der Waals surface area contributed by atoms with Crippen LogP contribution in [0.25, 0.3) is 10.8 Å². The number of rotatable bonds is 9. The fraction of sp³-hybridized carbons (Fsp3) is 0.355. The molecule has 6 rings (SSSR count). The normalized spacial score (nSPS) is 17.5. The van der Waals surface area contributed by atoms with E-state index in [4.69, 9.17) is 9.47 Å². The van der Waals surface area contributed by atoms with Crippen LogP contribution in [0.15, 0.2) is 66.7 Å². The van der Waals surface area contributed by atoms with Gasteiger partial charge in [0.15, 0.2) is 0 Å². The van der Waals surface area contributed by atoms with E-state index in [1.54, 1.807) is 0 Å². The summed E-state index contributed by atoms with van der Waals surface area (Å²) in [5.74, 6) is -0.00686. The fourth-order valence-electron chi connectivity index (χ4n) is 5.57. The summed E-state index contributed by atoms with van der Waals surface area (Å²) in [6.45, 7) is 1.98. The molecule has 4 aromatic rings. The van der Waals surface area contributed by atoms with Gasteiger partial charge in [-0.25, -0.2) is 0 Å². The third-order valence-corrected chi connectivity index (χ3v) is 8.90. The highest BCUT2D eigenvalue weighted by atomic mass is 32.2. The second kappa shape index (κ2) is 12.1. The molecule has 3 heterocycles. The van der Waals surface area contributed by atoms with Crippen LogP contribution in [0.3, 0.4) is 0 Å². The van der Waals surface area contributed by atoms with Crippen molar-refractivity contribution in [3.63, 3.8) is 0 Å². The molecule has 1 aromatic heterocycles. The van der Waals surface area contributed by atoms with Crippen LogP contribution in [0.2, 0.25) is 0 Å². The molecule has 0 unspecified atom stereocenters. The van der Waals surface area contributed by atoms with Crippen molar-refractivity contribution in [2.45, 2.75) is 44.0 Å². The first-order chi connectivity index (χ1) is 21.1. The highest BCUT2D eigenvalue weighted by molar-refractivity contribution is 7.87. The molecule has 232 valence electrons. The maximum absolute atomic E-state index is 13.3. The van der Waals surface area contributed by atoms with E-state index in [1.165, 1.54) is 0 Å². The van der Waals surface area contributed by atoms with E-state index in [9.17, 15) is 21.6 Å². The van der Waals surface area contributed by atoms with E-state index in [-0.39, 0.29) is 37.2 Å². The number of likely N-dealkylation sites (N-methyl/N-ethyl adjacent to an activating group) is 1. The van der Waals surface area contributed by atoms with Crippen LogP contribution in [0.1, 0.15) is 29.7 Å². The first-order valence-corrected chi connectivity index (χ1v) is 15.7. The molecule has 0 amide bonds. The lowest BCUT2D eigenvalue weighted by atomic mass is 10.0. The van der Waals surface area contributed by atoms with Crippen LogP contribution < -0.4 is 18.6 Å². The van der Waals surface area contributed by atoms with Crippen molar-refractivity contribution in [2.75, 3.05) is 31.6 Å². The summed E-state index contributed by atoms with van der Waals surface area (Å²) in [4.78, 5) is 12.7. The van der Waals surface area contributed by atoms with Gasteiger partial charge in [-0.2, -0.15) is 31.6 Å². The molecular formula is C31H31F3N4O5S. The van der Waals surface area contributed by atoms with Crippen molar-refractivity contribution in [2.24, 2.45) is 0 Å². The van der Waals surface area contributed by atoms with E-state index in [2.05, 4.69) is 19.1 Å². The van der Waals surface area contributed by atoms with Crippen LogP contribution >= 0.6 is 0 Å². The number of hydrogen-bond donors (Lipinski definition) is 0. The van der Waals surface area contributed by atoms with Gasteiger partial charge in [0.05, 0.1) is 12.2 Å². The first-order valence-electron chi connectivity index (χ1n) is 14.3. The van der Waals surface area contributed by atoms with Gasteiger partial charge in [-0.1, -0.05) is 54.6 Å². The number of hydrogen-bond acceptors (Lipinski definition) is 9. The third-order valence-electron chi connectivity index (χ3n) is 7.96. The van der Waals surface area contributed by atoms with Crippen LogP contribution in [-0.4, -0.2) is 61.6 Å². The van der Waals surface area contributed by atoms with Gasteiger partial charge in [-0.3, -0.25) is 0 Å². The molecule has 1 saturated heterocycles. The molecule has 0 aliphatic carbocycles. The van der Waals surface area contributed by atoms with E-state index in [1.807, 2.05) is 78.7 Å². The summed E-state index contributed by atoms with van der Waals surface area (Å²) < 4.78 is 80.3. The van der Waals surface area contributed by atoms with Crippen LogP contribution in [0.4, 0.5) is 18.9 Å². The second-order valence-electron chi connectivity index (χ2n) is 10.9. The fourth-order valence-corrected chi connectivity index (χ4v) is 6.01. The van der Waals surface area contributed by atoms with Gasteiger partial charge >= 0.3 is 21.6 Å². The molecule has 3 aromatic carbocycles. The molecule has 1 atom stereocenters. The van der Waals surface area contributed by atoms with Crippen molar-refractivity contribution in [3.8, 4) is 17.6 Å². The van der Waals surface area contributed by atoms with E-state index in [0.717, 1.165) is 41.4 Å². The summed E-state index contributed by atoms with van der Waals surface area (Å²) >= 11 is 0. The largest absolute Gasteiger partial charge is 0.534 e. The molecule has 13 heteroatoms. The van der Waals surface area contributed by atoms with Gasteiger partial charge in [-0.05, 0) is 49.9 Å². The van der Waals surface area contributed by atoms with Gasteiger partial charge in [-0.15, -0.1) is 0 Å². The third kappa shape index (κ3) is 6.39. The minimum absolute atomic E-state index is 0.0828. The number of benzene rings is 3. The lowest BCUT2D eigenvalue weighted by Crippen LogP contribution is -2.34. The van der Waals surface area contributed by atoms with Crippen LogP contribution in [0.5, 0.6) is 17.6 Å². The van der Waals surface area contributed by atoms with Gasteiger partial charge < -0.3 is 23.5 Å². The Balaban J connectivity index is 1.33. The molecular weight excluding hydrogens is 597 g/mol. The lowest BCUT2D eigenvalue weighted by molar-refractivity contribution is -0.0502. The molecule has 0 radical (unpaired) electrons. The number of anilines is 1. The zero-order valence-corrected chi connectivity index (χ0v) is 24.8.